The largest absolute Gasteiger partial charge is 0.294 e. The highest BCUT2D eigenvalue weighted by Gasteiger charge is 1.98. The zero-order chi connectivity index (χ0) is 13.2. The summed E-state index contributed by atoms with van der Waals surface area (Å²) in [6, 6.07) is 9.56. The van der Waals surface area contributed by atoms with Crippen molar-refractivity contribution in [2.75, 3.05) is 0 Å². The Kier molecular flexibility index (Phi) is 5.12. The topological polar surface area (TPSA) is 17.1 Å². The maximum absolute atomic E-state index is 11.6. The van der Waals surface area contributed by atoms with Crippen molar-refractivity contribution in [1.82, 2.24) is 0 Å². The van der Waals surface area contributed by atoms with Crippen LogP contribution in [0.25, 0.3) is 0 Å². The summed E-state index contributed by atoms with van der Waals surface area (Å²) in [6.45, 7) is 1.87. The Morgan fingerprint density at radius 2 is 2.18 bits per heavy atom. The van der Waals surface area contributed by atoms with Crippen LogP contribution in [-0.4, -0.2) is 5.78 Å². The van der Waals surface area contributed by atoms with Gasteiger partial charge in [0.15, 0.2) is 5.78 Å². The molecule has 0 N–H and O–H groups in total. The maximum Gasteiger partial charge on any atom is 0.167 e. The average molecular weight is 227 g/mol. The van der Waals surface area contributed by atoms with Gasteiger partial charge in [0.25, 0.3) is 0 Å². The predicted octanol–water partition coefficient (Wildman–Crippen LogP) is 3.74. The summed E-state index contributed by atoms with van der Waals surface area (Å²) in [5, 5.41) is 0. The number of ketones is 1. The van der Waals surface area contributed by atoms with Crippen LogP contribution in [0.3, 0.4) is 0 Å². The monoisotopic (exact) mass is 227 g/mol. The smallest absolute Gasteiger partial charge is 0.167 e. The molecule has 0 amide bonds. The molecule has 88 valence electrons. The molecular weight excluding hydrogens is 208 g/mol. The molecule has 0 aliphatic heterocycles. The number of hydrogen-bond acceptors (Lipinski definition) is 1. The number of carbonyl (C=O) groups is 1. The molecule has 0 saturated carbocycles. The quantitative estimate of drug-likeness (QED) is 0.435. The molecule has 1 heteroatoms. The SMILES string of the molecule is [2H]CC(=O)/C(C#Cc1ccccc1)=C/CCCC. The third-order valence-electron chi connectivity index (χ3n) is 2.32. The van der Waals surface area contributed by atoms with Crippen molar-refractivity contribution in [2.24, 2.45) is 0 Å². The second-order valence-corrected chi connectivity index (χ2v) is 3.80. The first-order chi connectivity index (χ1) is 8.77. The Bertz CT molecular complexity index is 463. The fourth-order valence-corrected chi connectivity index (χ4v) is 1.35. The van der Waals surface area contributed by atoms with Gasteiger partial charge in [-0.2, -0.15) is 0 Å². The number of rotatable bonds is 4. The van der Waals surface area contributed by atoms with E-state index in [2.05, 4.69) is 18.8 Å². The lowest BCUT2D eigenvalue weighted by atomic mass is 10.1. The fraction of sp³-hybridized carbons (Fsp3) is 0.312. The van der Waals surface area contributed by atoms with E-state index in [0.29, 0.717) is 5.57 Å². The Morgan fingerprint density at radius 3 is 2.82 bits per heavy atom. The van der Waals surface area contributed by atoms with Gasteiger partial charge in [0.05, 0.1) is 5.57 Å². The van der Waals surface area contributed by atoms with Gasteiger partial charge in [-0.15, -0.1) is 0 Å². The third-order valence-corrected chi connectivity index (χ3v) is 2.32. The highest BCUT2D eigenvalue weighted by Crippen LogP contribution is 2.03. The summed E-state index contributed by atoms with van der Waals surface area (Å²) in [5.41, 5.74) is 1.36. The van der Waals surface area contributed by atoms with E-state index in [1.807, 2.05) is 36.4 Å². The fourth-order valence-electron chi connectivity index (χ4n) is 1.35. The van der Waals surface area contributed by atoms with E-state index in [1.54, 1.807) is 0 Å². The molecule has 17 heavy (non-hydrogen) atoms. The molecule has 1 aromatic rings. The number of Topliss-reactive ketones (excluding diaryl/α,β-unsaturated/α-hetero) is 1. The van der Waals surface area contributed by atoms with Gasteiger partial charge in [-0.25, -0.2) is 0 Å². The molecule has 1 rings (SSSR count). The summed E-state index contributed by atoms with van der Waals surface area (Å²) in [7, 11) is 0. The Labute approximate surface area is 105 Å². The highest BCUT2D eigenvalue weighted by atomic mass is 16.1. The second kappa shape index (κ2) is 7.46. The van der Waals surface area contributed by atoms with Crippen molar-refractivity contribution in [3.8, 4) is 11.8 Å². The molecule has 0 aliphatic carbocycles. The van der Waals surface area contributed by atoms with Crippen LogP contribution >= 0.6 is 0 Å². The van der Waals surface area contributed by atoms with E-state index < -0.39 is 0 Å². The van der Waals surface area contributed by atoms with Crippen LogP contribution in [0.5, 0.6) is 0 Å². The van der Waals surface area contributed by atoms with Crippen molar-refractivity contribution in [3.63, 3.8) is 0 Å². The summed E-state index contributed by atoms with van der Waals surface area (Å²) < 4.78 is 7.14. The lowest BCUT2D eigenvalue weighted by Crippen LogP contribution is -1.93. The summed E-state index contributed by atoms with van der Waals surface area (Å²) in [5.74, 6) is 5.65. The van der Waals surface area contributed by atoms with Crippen molar-refractivity contribution < 1.29 is 6.17 Å². The number of benzene rings is 1. The van der Waals surface area contributed by atoms with E-state index >= 15 is 0 Å². The molecule has 0 saturated heterocycles. The van der Waals surface area contributed by atoms with Crippen LogP contribution in [0.2, 0.25) is 0 Å². The molecule has 0 unspecified atom stereocenters. The van der Waals surface area contributed by atoms with Crippen LogP contribution in [-0.2, 0) is 4.79 Å². The minimum absolute atomic E-state index is 0.200. The van der Waals surface area contributed by atoms with Crippen LogP contribution in [0.1, 0.15) is 40.0 Å². The maximum atomic E-state index is 11.6. The molecule has 0 bridgehead atoms. The van der Waals surface area contributed by atoms with Gasteiger partial charge >= 0.3 is 0 Å². The van der Waals surface area contributed by atoms with Gasteiger partial charge in [-0.05, 0) is 25.5 Å². The standard InChI is InChI=1S/C16H18O/c1-3-4-6-11-16(14(2)17)13-12-15-9-7-5-8-10-15/h5,7-11H,3-4,6H2,1-2H3/b16-11+/i2D. The number of allylic oxidation sites excluding steroid dienone is 2. The van der Waals surface area contributed by atoms with Gasteiger partial charge < -0.3 is 0 Å². The van der Waals surface area contributed by atoms with E-state index in [1.165, 1.54) is 0 Å². The van der Waals surface area contributed by atoms with Crippen molar-refractivity contribution >= 4 is 5.78 Å². The molecule has 0 fully saturated rings. The van der Waals surface area contributed by atoms with Gasteiger partial charge in [0, 0.05) is 6.93 Å². The van der Waals surface area contributed by atoms with Gasteiger partial charge in [0.2, 0.25) is 0 Å². The molecule has 0 atom stereocenters. The first kappa shape index (κ1) is 11.7. The van der Waals surface area contributed by atoms with Crippen molar-refractivity contribution in [1.29, 1.82) is 0 Å². The van der Waals surface area contributed by atoms with E-state index in [0.717, 1.165) is 24.8 Å². The summed E-state index contributed by atoms with van der Waals surface area (Å²) in [4.78, 5) is 11.6. The molecular formula is C16H18O. The van der Waals surface area contributed by atoms with Gasteiger partial charge in [-0.3, -0.25) is 4.79 Å². The van der Waals surface area contributed by atoms with Crippen molar-refractivity contribution in [3.05, 3.63) is 47.5 Å². The minimum Gasteiger partial charge on any atom is -0.294 e. The Balaban J connectivity index is 2.82. The van der Waals surface area contributed by atoms with E-state index in [4.69, 9.17) is 1.37 Å². The molecule has 0 heterocycles. The summed E-state index contributed by atoms with van der Waals surface area (Å²) in [6.07, 6.45) is 4.84. The van der Waals surface area contributed by atoms with E-state index in [9.17, 15) is 4.79 Å². The lowest BCUT2D eigenvalue weighted by Gasteiger charge is -1.94. The predicted molar refractivity (Wildman–Crippen MR) is 71.6 cm³/mol. The first-order valence-electron chi connectivity index (χ1n) is 6.58. The molecule has 0 radical (unpaired) electrons. The van der Waals surface area contributed by atoms with Crippen LogP contribution in [0.15, 0.2) is 42.0 Å². The van der Waals surface area contributed by atoms with Crippen LogP contribution < -0.4 is 0 Å². The average Bonchev–Trinajstić information content (AvgIpc) is 2.43. The zero-order valence-corrected chi connectivity index (χ0v) is 10.2. The van der Waals surface area contributed by atoms with Crippen LogP contribution in [0.4, 0.5) is 0 Å². The van der Waals surface area contributed by atoms with Gasteiger partial charge in [0.1, 0.15) is 0 Å². The first-order valence-corrected chi connectivity index (χ1v) is 5.87. The number of carbonyl (C=O) groups excluding carboxylic acids is 1. The van der Waals surface area contributed by atoms with Crippen LogP contribution in [0, 0.1) is 11.8 Å². The molecule has 0 aromatic heterocycles. The number of hydrogen-bond donors (Lipinski definition) is 0. The second-order valence-electron chi connectivity index (χ2n) is 3.80. The number of unbranched alkanes of at least 4 members (excludes halogenated alkanes) is 2. The zero-order valence-electron chi connectivity index (χ0n) is 11.2. The normalized spacial score (nSPS) is 11.4. The summed E-state index contributed by atoms with van der Waals surface area (Å²) >= 11 is 0. The Hall–Kier alpha value is -1.81. The molecule has 0 aliphatic rings. The van der Waals surface area contributed by atoms with Gasteiger partial charge in [-0.1, -0.05) is 55.9 Å². The molecule has 1 aromatic carbocycles. The Morgan fingerprint density at radius 1 is 1.41 bits per heavy atom. The van der Waals surface area contributed by atoms with Crippen molar-refractivity contribution in [2.45, 2.75) is 33.1 Å². The molecule has 1 nitrogen and oxygen atoms in total. The van der Waals surface area contributed by atoms with E-state index in [-0.39, 0.29) is 12.7 Å². The minimum atomic E-state index is -0.235. The third kappa shape index (κ3) is 5.17. The lowest BCUT2D eigenvalue weighted by molar-refractivity contribution is -0.113. The highest BCUT2D eigenvalue weighted by molar-refractivity contribution is 5.97. The molecule has 0 spiro atoms.